The normalized spacial score (nSPS) is 18.6. The van der Waals surface area contributed by atoms with Crippen LogP contribution in [0, 0.1) is 11.8 Å². The minimum Gasteiger partial charge on any atom is -0.0740 e. The van der Waals surface area contributed by atoms with Crippen LogP contribution in [0.3, 0.4) is 0 Å². The van der Waals surface area contributed by atoms with Crippen molar-refractivity contribution in [2.75, 3.05) is 0 Å². The fraction of sp³-hybridized carbons (Fsp3) is 0.143. The lowest BCUT2D eigenvalue weighted by Crippen LogP contribution is -1.78. The van der Waals surface area contributed by atoms with Gasteiger partial charge in [0.1, 0.15) is 0 Å². The van der Waals surface area contributed by atoms with Crippen LogP contribution in [0.4, 0.5) is 0 Å². The zero-order chi connectivity index (χ0) is 9.64. The van der Waals surface area contributed by atoms with Gasteiger partial charge in [0.2, 0.25) is 0 Å². The van der Waals surface area contributed by atoms with E-state index in [1.807, 2.05) is 12.2 Å². The second kappa shape index (κ2) is 4.48. The van der Waals surface area contributed by atoms with Crippen molar-refractivity contribution < 1.29 is 0 Å². The summed E-state index contributed by atoms with van der Waals surface area (Å²) in [6, 6.07) is 0. The van der Waals surface area contributed by atoms with Crippen LogP contribution < -0.4 is 0 Å². The summed E-state index contributed by atoms with van der Waals surface area (Å²) in [6.07, 6.45) is 20.7. The lowest BCUT2D eigenvalue weighted by molar-refractivity contribution is 1.09. The molecule has 0 nitrogen and oxygen atoms in total. The van der Waals surface area contributed by atoms with Gasteiger partial charge >= 0.3 is 0 Å². The van der Waals surface area contributed by atoms with Crippen molar-refractivity contribution >= 4 is 0 Å². The second-order valence-electron chi connectivity index (χ2n) is 3.32. The van der Waals surface area contributed by atoms with Gasteiger partial charge in [-0.2, -0.15) is 0 Å². The van der Waals surface area contributed by atoms with Crippen LogP contribution in [0.2, 0.25) is 0 Å². The molecule has 0 fully saturated rings. The van der Waals surface area contributed by atoms with Gasteiger partial charge in [-0.25, -0.2) is 0 Å². The molecule has 2 aliphatic rings. The first-order valence-corrected chi connectivity index (χ1v) is 4.83. The van der Waals surface area contributed by atoms with Crippen LogP contribution in [0.1, 0.15) is 0 Å². The summed E-state index contributed by atoms with van der Waals surface area (Å²) in [5.41, 5.74) is 6.11. The number of hydrogen-bond acceptors (Lipinski definition) is 0. The highest BCUT2D eigenvalue weighted by atomic mass is 14.0. The van der Waals surface area contributed by atoms with Gasteiger partial charge in [0.25, 0.3) is 0 Å². The van der Waals surface area contributed by atoms with Crippen LogP contribution >= 0.6 is 0 Å². The van der Waals surface area contributed by atoms with Gasteiger partial charge in [-0.15, -0.1) is 0 Å². The molecule has 0 atom stereocenters. The van der Waals surface area contributed by atoms with Crippen LogP contribution in [0.25, 0.3) is 0 Å². The van der Waals surface area contributed by atoms with E-state index in [9.17, 15) is 0 Å². The van der Waals surface area contributed by atoms with E-state index < -0.39 is 0 Å². The maximum absolute atomic E-state index is 3.05. The average Bonchev–Trinajstić information content (AvgIpc) is 2.86. The number of hydrogen-bond donors (Lipinski definition) is 0. The van der Waals surface area contributed by atoms with E-state index in [2.05, 4.69) is 60.1 Å². The van der Waals surface area contributed by atoms with Crippen molar-refractivity contribution in [2.24, 2.45) is 11.8 Å². The highest BCUT2D eigenvalue weighted by Gasteiger charge is 1.96. The lowest BCUT2D eigenvalue weighted by atomic mass is 10.1. The zero-order valence-corrected chi connectivity index (χ0v) is 7.93. The van der Waals surface area contributed by atoms with Crippen molar-refractivity contribution in [1.82, 2.24) is 0 Å². The van der Waals surface area contributed by atoms with Crippen LogP contribution in [0.15, 0.2) is 72.2 Å². The van der Waals surface area contributed by atoms with E-state index in [0.29, 0.717) is 11.8 Å². The summed E-state index contributed by atoms with van der Waals surface area (Å²) in [7, 11) is 0. The molecule has 2 rings (SSSR count). The fourth-order valence-corrected chi connectivity index (χ4v) is 1.41. The standard InChI is InChI=1S/C14H12/c1-2-8-13(7-1)11-5-6-12-14-9-3-4-10-14/h1-4,7-14H. The van der Waals surface area contributed by atoms with Gasteiger partial charge in [-0.05, 0) is 12.2 Å². The molecular weight excluding hydrogens is 168 g/mol. The van der Waals surface area contributed by atoms with Gasteiger partial charge in [0.15, 0.2) is 0 Å². The molecule has 0 radical (unpaired) electrons. The van der Waals surface area contributed by atoms with Crippen molar-refractivity contribution in [2.45, 2.75) is 0 Å². The second-order valence-corrected chi connectivity index (χ2v) is 3.32. The summed E-state index contributed by atoms with van der Waals surface area (Å²) in [5.74, 6) is 0.816. The Morgan fingerprint density at radius 3 is 1.36 bits per heavy atom. The van der Waals surface area contributed by atoms with Gasteiger partial charge < -0.3 is 0 Å². The van der Waals surface area contributed by atoms with Crippen molar-refractivity contribution in [1.29, 1.82) is 0 Å². The molecule has 0 aromatic heterocycles. The molecular formula is C14H12. The summed E-state index contributed by atoms with van der Waals surface area (Å²) in [6.45, 7) is 0. The molecule has 0 aliphatic heterocycles. The van der Waals surface area contributed by atoms with Crippen molar-refractivity contribution in [3.8, 4) is 0 Å². The predicted molar refractivity (Wildman–Crippen MR) is 59.7 cm³/mol. The first kappa shape index (κ1) is 8.84. The lowest BCUT2D eigenvalue weighted by Gasteiger charge is -1.89. The predicted octanol–water partition coefficient (Wildman–Crippen LogP) is 3.34. The van der Waals surface area contributed by atoms with Crippen molar-refractivity contribution in [3.63, 3.8) is 0 Å². The van der Waals surface area contributed by atoms with Gasteiger partial charge in [-0.1, -0.05) is 60.1 Å². The summed E-state index contributed by atoms with van der Waals surface area (Å²) >= 11 is 0. The molecule has 0 aromatic rings. The van der Waals surface area contributed by atoms with E-state index >= 15 is 0 Å². The molecule has 0 amide bonds. The molecule has 0 heterocycles. The first-order chi connectivity index (χ1) is 6.95. The smallest absolute Gasteiger partial charge is 0.0215 e. The van der Waals surface area contributed by atoms with Crippen LogP contribution in [-0.4, -0.2) is 0 Å². The maximum atomic E-state index is 3.05. The maximum Gasteiger partial charge on any atom is 0.0215 e. The number of rotatable bonds is 2. The van der Waals surface area contributed by atoms with E-state index in [1.165, 1.54) is 0 Å². The Balaban J connectivity index is 1.98. The molecule has 0 N–H and O–H groups in total. The summed E-state index contributed by atoms with van der Waals surface area (Å²) in [4.78, 5) is 0. The van der Waals surface area contributed by atoms with Gasteiger partial charge in [0, 0.05) is 11.8 Å². The average molecular weight is 180 g/mol. The monoisotopic (exact) mass is 180 g/mol. The SMILES string of the molecule is C(=C=CC1C=CC=C1)=CC1C=CC=C1. The Labute approximate surface area is 84.6 Å². The van der Waals surface area contributed by atoms with Crippen LogP contribution in [0.5, 0.6) is 0 Å². The third-order valence-electron chi connectivity index (χ3n) is 2.19. The molecule has 68 valence electrons. The topological polar surface area (TPSA) is 0 Å². The Morgan fingerprint density at radius 2 is 1.00 bits per heavy atom. The van der Waals surface area contributed by atoms with E-state index in [0.717, 1.165) is 0 Å². The highest BCUT2D eigenvalue weighted by Crippen LogP contribution is 2.10. The minimum atomic E-state index is 0.408. The van der Waals surface area contributed by atoms with Crippen LogP contribution in [-0.2, 0) is 0 Å². The van der Waals surface area contributed by atoms with E-state index in [1.54, 1.807) is 0 Å². The summed E-state index contributed by atoms with van der Waals surface area (Å²) in [5, 5.41) is 0. The Bertz CT molecular complexity index is 339. The Morgan fingerprint density at radius 1 is 0.643 bits per heavy atom. The molecule has 0 spiro atoms. The molecule has 0 aromatic carbocycles. The summed E-state index contributed by atoms with van der Waals surface area (Å²) < 4.78 is 0. The zero-order valence-electron chi connectivity index (χ0n) is 7.93. The third-order valence-corrected chi connectivity index (χ3v) is 2.19. The quantitative estimate of drug-likeness (QED) is 0.572. The highest BCUT2D eigenvalue weighted by molar-refractivity contribution is 5.24. The molecule has 0 saturated carbocycles. The third kappa shape index (κ3) is 2.37. The molecule has 0 heteroatoms. The van der Waals surface area contributed by atoms with E-state index in [-0.39, 0.29) is 0 Å². The molecule has 0 saturated heterocycles. The first-order valence-electron chi connectivity index (χ1n) is 4.83. The van der Waals surface area contributed by atoms with Gasteiger partial charge in [-0.3, -0.25) is 0 Å². The van der Waals surface area contributed by atoms with E-state index in [4.69, 9.17) is 0 Å². The number of allylic oxidation sites excluding steroid dienone is 10. The molecule has 2 aliphatic carbocycles. The largest absolute Gasteiger partial charge is 0.0740 e. The van der Waals surface area contributed by atoms with Crippen molar-refractivity contribution in [3.05, 3.63) is 72.2 Å². The minimum absolute atomic E-state index is 0.408. The molecule has 0 bridgehead atoms. The molecule has 0 unspecified atom stereocenters. The van der Waals surface area contributed by atoms with Gasteiger partial charge in [0.05, 0.1) is 0 Å². The molecule has 14 heavy (non-hydrogen) atoms. The Kier molecular flexibility index (Phi) is 2.83. The Hall–Kier alpha value is -1.74. The fourth-order valence-electron chi connectivity index (χ4n) is 1.41.